The van der Waals surface area contributed by atoms with Gasteiger partial charge in [-0.3, -0.25) is 0 Å². The molecule has 0 bridgehead atoms. The Morgan fingerprint density at radius 2 is 0.957 bits per heavy atom. The van der Waals surface area contributed by atoms with Crippen LogP contribution in [-0.2, 0) is 0 Å². The van der Waals surface area contributed by atoms with Gasteiger partial charge in [-0.25, -0.2) is 0 Å². The summed E-state index contributed by atoms with van der Waals surface area (Å²) in [5, 5.41) is 3.96. The molecule has 2 heteroatoms. The molecule has 8 aromatic carbocycles. The van der Waals surface area contributed by atoms with Gasteiger partial charge in [0, 0.05) is 27.1 Å². The van der Waals surface area contributed by atoms with Crippen LogP contribution in [0.2, 0.25) is 0 Å². The number of furan rings is 2. The van der Waals surface area contributed by atoms with Crippen LogP contribution in [0, 0.1) is 0 Å². The number of benzene rings is 8. The van der Waals surface area contributed by atoms with Crippen LogP contribution in [0.3, 0.4) is 0 Å². The fourth-order valence-electron chi connectivity index (χ4n) is 6.95. The maximum atomic E-state index is 9.39. The monoisotopic (exact) mass is 594 g/mol. The van der Waals surface area contributed by atoms with E-state index in [0.29, 0.717) is 33.2 Å². The number of hydrogen-bond donors (Lipinski definition) is 0. The van der Waals surface area contributed by atoms with Gasteiger partial charge >= 0.3 is 0 Å². The van der Waals surface area contributed by atoms with Crippen LogP contribution in [0.25, 0.3) is 98.8 Å². The van der Waals surface area contributed by atoms with Crippen molar-refractivity contribution >= 4 is 65.4 Å². The highest BCUT2D eigenvalue weighted by Crippen LogP contribution is 2.48. The second kappa shape index (κ2) is 9.69. The highest BCUT2D eigenvalue weighted by atomic mass is 16.3. The molecule has 2 nitrogen and oxygen atoms in total. The van der Waals surface area contributed by atoms with E-state index >= 15 is 0 Å². The lowest BCUT2D eigenvalue weighted by Crippen LogP contribution is -1.91. The van der Waals surface area contributed by atoms with E-state index in [1.54, 1.807) is 24.3 Å². The molecule has 0 atom stereocenters. The zero-order chi connectivity index (χ0) is 37.2. The lowest BCUT2D eigenvalue weighted by atomic mass is 9.84. The summed E-state index contributed by atoms with van der Waals surface area (Å²) in [5.41, 5.74) is 5.94. The highest BCUT2D eigenvalue weighted by Gasteiger charge is 2.22. The van der Waals surface area contributed by atoms with Gasteiger partial charge < -0.3 is 8.83 Å². The molecule has 46 heavy (non-hydrogen) atoms. The first-order valence-electron chi connectivity index (χ1n) is 19.0. The van der Waals surface area contributed by atoms with Crippen LogP contribution < -0.4 is 0 Å². The van der Waals surface area contributed by atoms with Gasteiger partial charge in [-0.05, 0) is 79.7 Å². The smallest absolute Gasteiger partial charge is 0.143 e. The first-order chi connectivity index (χ1) is 26.2. The van der Waals surface area contributed by atoms with E-state index in [9.17, 15) is 5.48 Å². The SMILES string of the molecule is [2H]c1c([2H])c([2H])c2c(-c3ccc(-c4ccc5oc6ccccc6c5c4)c4oc5ccccc5c34)c3c([2H])c([2H])c([2H])c([2H])c3c(-c3ccccc3)c2c1[2H]. The quantitative estimate of drug-likeness (QED) is 0.190. The Kier molecular flexibility index (Phi) is 3.92. The van der Waals surface area contributed by atoms with E-state index < -0.39 is 24.2 Å². The third-order valence-electron chi connectivity index (χ3n) is 8.92. The van der Waals surface area contributed by atoms with Crippen molar-refractivity contribution < 1.29 is 19.8 Å². The zero-order valence-corrected chi connectivity index (χ0v) is 24.2. The molecule has 10 aromatic rings. The fourth-order valence-corrected chi connectivity index (χ4v) is 6.95. The first-order valence-corrected chi connectivity index (χ1v) is 15.0. The van der Waals surface area contributed by atoms with E-state index in [-0.39, 0.29) is 51.3 Å². The summed E-state index contributed by atoms with van der Waals surface area (Å²) in [5.74, 6) is 0. The predicted molar refractivity (Wildman–Crippen MR) is 192 cm³/mol. The van der Waals surface area contributed by atoms with E-state index in [2.05, 4.69) is 6.07 Å². The van der Waals surface area contributed by atoms with Crippen molar-refractivity contribution in [2.24, 2.45) is 0 Å². The van der Waals surface area contributed by atoms with Gasteiger partial charge in [0.2, 0.25) is 0 Å². The maximum absolute atomic E-state index is 9.39. The van der Waals surface area contributed by atoms with Crippen molar-refractivity contribution in [3.05, 3.63) is 158 Å². The van der Waals surface area contributed by atoms with Crippen molar-refractivity contribution in [1.82, 2.24) is 0 Å². The molecule has 2 aromatic heterocycles. The first kappa shape index (κ1) is 18.6. The van der Waals surface area contributed by atoms with Crippen molar-refractivity contribution in [2.45, 2.75) is 0 Å². The minimum absolute atomic E-state index is 0.156. The second-order valence-corrected chi connectivity index (χ2v) is 11.4. The summed E-state index contributed by atoms with van der Waals surface area (Å²) in [7, 11) is 0. The molecule has 0 N–H and O–H groups in total. The Bertz CT molecular complexity index is 3170. The van der Waals surface area contributed by atoms with Gasteiger partial charge in [0.15, 0.2) is 0 Å². The second-order valence-electron chi connectivity index (χ2n) is 11.4. The number of para-hydroxylation sites is 2. The molecule has 0 aliphatic heterocycles. The number of hydrogen-bond acceptors (Lipinski definition) is 2. The maximum Gasteiger partial charge on any atom is 0.143 e. The minimum Gasteiger partial charge on any atom is -0.456 e. The van der Waals surface area contributed by atoms with Crippen molar-refractivity contribution in [1.29, 1.82) is 0 Å². The van der Waals surface area contributed by atoms with E-state index in [4.69, 9.17) is 14.3 Å². The summed E-state index contributed by atoms with van der Waals surface area (Å²) in [6.07, 6.45) is 0. The van der Waals surface area contributed by atoms with Crippen LogP contribution in [0.15, 0.2) is 166 Å². The topological polar surface area (TPSA) is 26.3 Å². The minimum atomic E-state index is -0.446. The van der Waals surface area contributed by atoms with E-state index in [1.165, 1.54) is 0 Å². The standard InChI is InChI=1S/C44H26O2/c1-2-12-27(13-3-1)41-31-15-4-6-17-33(31)42(34-18-7-5-16-32(34)41)36-24-23-29(44-43(36)35-19-9-11-21-39(35)46-44)28-22-25-40-37(26-28)30-14-8-10-20-38(30)45-40/h1-26H/i4D,5D,6D,7D,15D,16D,17D,18D. The Balaban J connectivity index is 1.43. The molecule has 0 aliphatic carbocycles. The number of rotatable bonds is 3. The van der Waals surface area contributed by atoms with Crippen LogP contribution in [0.4, 0.5) is 0 Å². The molecule has 10 rings (SSSR count). The molecular weight excluding hydrogens is 560 g/mol. The van der Waals surface area contributed by atoms with Gasteiger partial charge in [-0.15, -0.1) is 0 Å². The molecule has 2 heterocycles. The Labute approximate surface area is 276 Å². The molecule has 0 amide bonds. The average molecular weight is 595 g/mol. The Morgan fingerprint density at radius 3 is 1.67 bits per heavy atom. The molecule has 0 unspecified atom stereocenters. The summed E-state index contributed by atoms with van der Waals surface area (Å²) < 4.78 is 85.3. The van der Waals surface area contributed by atoms with Gasteiger partial charge in [-0.2, -0.15) is 0 Å². The van der Waals surface area contributed by atoms with Crippen molar-refractivity contribution in [3.8, 4) is 33.4 Å². The molecule has 0 saturated carbocycles. The molecule has 0 fully saturated rings. The van der Waals surface area contributed by atoms with Crippen LogP contribution in [0.1, 0.15) is 11.0 Å². The zero-order valence-electron chi connectivity index (χ0n) is 32.2. The summed E-state index contributed by atoms with van der Waals surface area (Å²) in [6, 6.07) is 31.1. The summed E-state index contributed by atoms with van der Waals surface area (Å²) >= 11 is 0. The van der Waals surface area contributed by atoms with Crippen molar-refractivity contribution in [3.63, 3.8) is 0 Å². The van der Waals surface area contributed by atoms with Gasteiger partial charge in [0.05, 0.1) is 11.0 Å². The van der Waals surface area contributed by atoms with E-state index in [1.807, 2.05) is 78.9 Å². The molecular formula is C44H26O2. The van der Waals surface area contributed by atoms with Crippen molar-refractivity contribution in [2.75, 3.05) is 0 Å². The molecule has 214 valence electrons. The molecule has 0 radical (unpaired) electrons. The average Bonchev–Trinajstić information content (AvgIpc) is 3.78. The largest absolute Gasteiger partial charge is 0.456 e. The lowest BCUT2D eigenvalue weighted by Gasteiger charge is -2.18. The Hall–Kier alpha value is -6.12. The molecule has 0 saturated heterocycles. The van der Waals surface area contributed by atoms with Gasteiger partial charge in [0.25, 0.3) is 0 Å². The molecule has 0 spiro atoms. The van der Waals surface area contributed by atoms with Gasteiger partial charge in [0.1, 0.15) is 22.3 Å². The number of fused-ring (bicyclic) bond motifs is 8. The lowest BCUT2D eigenvalue weighted by molar-refractivity contribution is 0.668. The highest BCUT2D eigenvalue weighted by molar-refractivity contribution is 6.26. The third-order valence-corrected chi connectivity index (χ3v) is 8.92. The fraction of sp³-hybridized carbons (Fsp3) is 0. The van der Waals surface area contributed by atoms with Crippen LogP contribution >= 0.6 is 0 Å². The molecule has 0 aliphatic rings. The Morgan fingerprint density at radius 1 is 0.391 bits per heavy atom. The third kappa shape index (κ3) is 3.59. The predicted octanol–water partition coefficient (Wildman–Crippen LogP) is 12.8. The van der Waals surface area contributed by atoms with Crippen LogP contribution in [-0.4, -0.2) is 0 Å². The summed E-state index contributed by atoms with van der Waals surface area (Å²) in [4.78, 5) is 0. The van der Waals surface area contributed by atoms with Crippen LogP contribution in [0.5, 0.6) is 0 Å². The normalized spacial score (nSPS) is 14.3. The summed E-state index contributed by atoms with van der Waals surface area (Å²) in [6.45, 7) is 0. The van der Waals surface area contributed by atoms with E-state index in [0.717, 1.165) is 38.5 Å². The van der Waals surface area contributed by atoms with Gasteiger partial charge in [-0.1, -0.05) is 127 Å².